The highest BCUT2D eigenvalue weighted by Gasteiger charge is 2.26. The fourth-order valence-corrected chi connectivity index (χ4v) is 1.83. The molecule has 3 N–H and O–H groups in total. The highest BCUT2D eigenvalue weighted by atomic mass is 16.5. The summed E-state index contributed by atoms with van der Waals surface area (Å²) in [5.74, 6) is 4.66. The van der Waals surface area contributed by atoms with Crippen molar-refractivity contribution >= 4 is 17.6 Å². The van der Waals surface area contributed by atoms with E-state index in [1.165, 1.54) is 11.8 Å². The van der Waals surface area contributed by atoms with Crippen molar-refractivity contribution in [1.82, 2.24) is 14.9 Å². The summed E-state index contributed by atoms with van der Waals surface area (Å²) in [6, 6.07) is 10.8. The molecule has 0 saturated heterocycles. The second-order valence-corrected chi connectivity index (χ2v) is 4.51. The number of hydrogen-bond acceptors (Lipinski definition) is 8. The van der Waals surface area contributed by atoms with Crippen LogP contribution in [0.25, 0.3) is 0 Å². The third-order valence-corrected chi connectivity index (χ3v) is 3.07. The lowest BCUT2D eigenvalue weighted by molar-refractivity contribution is -0.132. The summed E-state index contributed by atoms with van der Waals surface area (Å²) in [7, 11) is 1.22. The van der Waals surface area contributed by atoms with Gasteiger partial charge in [0.15, 0.2) is 11.5 Å². The first-order chi connectivity index (χ1) is 11.1. The SMILES string of the molecule is COC(=O)/C(=N\Nc1nnc(C)n1N)C(C#N)c1ccccc1. The van der Waals surface area contributed by atoms with E-state index in [0.29, 0.717) is 11.4 Å². The molecule has 1 heterocycles. The number of nitrogens with one attached hydrogen (secondary N) is 1. The van der Waals surface area contributed by atoms with Gasteiger partial charge in [-0.15, -0.1) is 10.2 Å². The number of ether oxygens (including phenoxy) is 1. The Balaban J connectivity index is 2.36. The lowest BCUT2D eigenvalue weighted by Gasteiger charge is -2.11. The van der Waals surface area contributed by atoms with Crippen LogP contribution in [0.15, 0.2) is 35.4 Å². The molecule has 1 atom stereocenters. The fraction of sp³-hybridized carbons (Fsp3) is 0.214. The van der Waals surface area contributed by atoms with Gasteiger partial charge in [0.1, 0.15) is 5.92 Å². The largest absolute Gasteiger partial charge is 0.464 e. The number of anilines is 1. The topological polar surface area (TPSA) is 131 Å². The van der Waals surface area contributed by atoms with Gasteiger partial charge in [-0.05, 0) is 12.5 Å². The van der Waals surface area contributed by atoms with Crippen molar-refractivity contribution in [2.24, 2.45) is 5.10 Å². The van der Waals surface area contributed by atoms with Gasteiger partial charge in [-0.2, -0.15) is 10.4 Å². The Bertz CT molecular complexity index is 761. The van der Waals surface area contributed by atoms with Crippen molar-refractivity contribution in [2.45, 2.75) is 12.8 Å². The minimum Gasteiger partial charge on any atom is -0.464 e. The number of hydrazone groups is 1. The Morgan fingerprint density at radius 3 is 2.65 bits per heavy atom. The normalized spacial score (nSPS) is 12.3. The van der Waals surface area contributed by atoms with Crippen LogP contribution in [0.2, 0.25) is 0 Å². The summed E-state index contributed by atoms with van der Waals surface area (Å²) in [5, 5.41) is 20.9. The quantitative estimate of drug-likeness (QED) is 0.356. The van der Waals surface area contributed by atoms with Gasteiger partial charge in [0.2, 0.25) is 0 Å². The third kappa shape index (κ3) is 3.44. The number of methoxy groups -OCH3 is 1. The summed E-state index contributed by atoms with van der Waals surface area (Å²) < 4.78 is 5.87. The number of esters is 1. The number of aryl methyl sites for hydroxylation is 1. The van der Waals surface area contributed by atoms with Crippen molar-refractivity contribution in [2.75, 3.05) is 18.4 Å². The van der Waals surface area contributed by atoms with Gasteiger partial charge < -0.3 is 10.6 Å². The fourth-order valence-electron chi connectivity index (χ4n) is 1.83. The molecule has 0 aliphatic heterocycles. The minimum atomic E-state index is -0.897. The van der Waals surface area contributed by atoms with E-state index in [-0.39, 0.29) is 11.7 Å². The highest BCUT2D eigenvalue weighted by Crippen LogP contribution is 2.18. The van der Waals surface area contributed by atoms with E-state index in [2.05, 4.69) is 20.7 Å². The monoisotopic (exact) mass is 313 g/mol. The zero-order chi connectivity index (χ0) is 16.8. The molecule has 0 saturated carbocycles. The molecular formula is C14H15N7O2. The molecule has 0 radical (unpaired) electrons. The Kier molecular flexibility index (Phi) is 4.89. The van der Waals surface area contributed by atoms with Crippen LogP contribution < -0.4 is 11.3 Å². The molecule has 1 unspecified atom stereocenters. The number of nitrogens with two attached hydrogens (primary N) is 1. The second kappa shape index (κ2) is 7.04. The summed E-state index contributed by atoms with van der Waals surface area (Å²) in [5.41, 5.74) is 3.04. The number of rotatable bonds is 5. The van der Waals surface area contributed by atoms with Crippen molar-refractivity contribution in [3.8, 4) is 6.07 Å². The Morgan fingerprint density at radius 2 is 2.13 bits per heavy atom. The van der Waals surface area contributed by atoms with Crippen LogP contribution in [0.3, 0.4) is 0 Å². The van der Waals surface area contributed by atoms with Crippen LogP contribution >= 0.6 is 0 Å². The van der Waals surface area contributed by atoms with Crippen LogP contribution in [-0.2, 0) is 9.53 Å². The van der Waals surface area contributed by atoms with E-state index < -0.39 is 11.9 Å². The standard InChI is InChI=1S/C14H15N7O2/c1-9-17-19-14(21(9)16)20-18-12(13(22)23-2)11(8-15)10-6-4-3-5-7-10/h3-7,11H,16H2,1-2H3,(H,19,20)/b18-12-. The number of nitrogen functional groups attached to an aromatic ring is 1. The second-order valence-electron chi connectivity index (χ2n) is 4.51. The first-order valence-electron chi connectivity index (χ1n) is 6.62. The highest BCUT2D eigenvalue weighted by molar-refractivity contribution is 6.39. The van der Waals surface area contributed by atoms with Crippen molar-refractivity contribution in [1.29, 1.82) is 5.26 Å². The molecule has 1 aromatic carbocycles. The zero-order valence-corrected chi connectivity index (χ0v) is 12.6. The summed E-state index contributed by atoms with van der Waals surface area (Å²) in [6.07, 6.45) is 0. The van der Waals surface area contributed by atoms with E-state index in [1.54, 1.807) is 31.2 Å². The average Bonchev–Trinajstić information content (AvgIpc) is 2.90. The predicted octanol–water partition coefficient (Wildman–Crippen LogP) is 0.549. The first kappa shape index (κ1) is 16.0. The first-order valence-corrected chi connectivity index (χ1v) is 6.62. The number of hydrogen-bond donors (Lipinski definition) is 2. The van der Waals surface area contributed by atoms with E-state index in [4.69, 9.17) is 10.6 Å². The maximum absolute atomic E-state index is 12.0. The Morgan fingerprint density at radius 1 is 1.43 bits per heavy atom. The third-order valence-electron chi connectivity index (χ3n) is 3.07. The molecule has 0 aliphatic carbocycles. The van der Waals surface area contributed by atoms with E-state index in [9.17, 15) is 10.1 Å². The van der Waals surface area contributed by atoms with Gasteiger partial charge in [0, 0.05) is 0 Å². The van der Waals surface area contributed by atoms with E-state index in [0.717, 1.165) is 0 Å². The van der Waals surface area contributed by atoms with E-state index in [1.807, 2.05) is 12.1 Å². The maximum atomic E-state index is 12.0. The molecular weight excluding hydrogens is 298 g/mol. The molecule has 2 rings (SSSR count). The van der Waals surface area contributed by atoms with E-state index >= 15 is 0 Å². The number of nitriles is 1. The number of benzene rings is 1. The van der Waals surface area contributed by atoms with Gasteiger partial charge in [-0.25, -0.2) is 14.9 Å². The summed E-state index contributed by atoms with van der Waals surface area (Å²) in [6.45, 7) is 1.66. The van der Waals surface area contributed by atoms with Crippen LogP contribution in [0.4, 0.5) is 5.95 Å². The number of carbonyl (C=O) groups is 1. The minimum absolute atomic E-state index is 0.109. The molecule has 118 valence electrons. The Labute approximate surface area is 132 Å². The van der Waals surface area contributed by atoms with Gasteiger partial charge in [0.05, 0.1) is 13.2 Å². The number of carbonyl (C=O) groups excluding carboxylic acids is 1. The smallest absolute Gasteiger partial charge is 0.355 e. The predicted molar refractivity (Wildman–Crippen MR) is 82.8 cm³/mol. The number of nitrogens with zero attached hydrogens (tertiary/aromatic N) is 5. The van der Waals surface area contributed by atoms with Crippen LogP contribution in [0.1, 0.15) is 17.3 Å². The molecule has 0 fully saturated rings. The summed E-state index contributed by atoms with van der Waals surface area (Å²) in [4.78, 5) is 12.0. The molecule has 1 aromatic heterocycles. The Hall–Kier alpha value is -3.41. The molecule has 9 heteroatoms. The van der Waals surface area contributed by atoms with Crippen LogP contribution in [0, 0.1) is 18.3 Å². The van der Waals surface area contributed by atoms with Crippen molar-refractivity contribution in [3.63, 3.8) is 0 Å². The molecule has 2 aromatic rings. The molecule has 0 amide bonds. The van der Waals surface area contributed by atoms with Crippen molar-refractivity contribution in [3.05, 3.63) is 41.7 Å². The number of aromatic nitrogens is 3. The molecule has 9 nitrogen and oxygen atoms in total. The molecule has 0 bridgehead atoms. The molecule has 23 heavy (non-hydrogen) atoms. The van der Waals surface area contributed by atoms with Gasteiger partial charge in [-0.3, -0.25) is 0 Å². The lowest BCUT2D eigenvalue weighted by Crippen LogP contribution is -2.25. The lowest BCUT2D eigenvalue weighted by atomic mass is 9.95. The van der Waals surface area contributed by atoms with Gasteiger partial charge >= 0.3 is 5.97 Å². The van der Waals surface area contributed by atoms with Gasteiger partial charge in [0.25, 0.3) is 5.95 Å². The zero-order valence-electron chi connectivity index (χ0n) is 12.6. The maximum Gasteiger partial charge on any atom is 0.355 e. The molecule has 0 aliphatic rings. The van der Waals surface area contributed by atoms with Crippen LogP contribution in [-0.4, -0.2) is 33.7 Å². The summed E-state index contributed by atoms with van der Waals surface area (Å²) >= 11 is 0. The van der Waals surface area contributed by atoms with Gasteiger partial charge in [-0.1, -0.05) is 30.3 Å². The average molecular weight is 313 g/mol. The molecule has 0 spiro atoms. The van der Waals surface area contributed by atoms with Crippen molar-refractivity contribution < 1.29 is 9.53 Å². The van der Waals surface area contributed by atoms with Crippen LogP contribution in [0.5, 0.6) is 0 Å².